The second-order valence-electron chi connectivity index (χ2n) is 15.6. The molecule has 52 heavy (non-hydrogen) atoms. The van der Waals surface area contributed by atoms with Crippen molar-refractivity contribution < 1.29 is 38.3 Å². The Bertz CT molecular complexity index is 1570. The van der Waals surface area contributed by atoms with Gasteiger partial charge < -0.3 is 29.9 Å². The van der Waals surface area contributed by atoms with Crippen molar-refractivity contribution in [3.05, 3.63) is 28.8 Å². The smallest absolute Gasteiger partial charge is 0.292 e. The first kappa shape index (κ1) is 39.4. The third-order valence-corrected chi connectivity index (χ3v) is 11.0. The first-order chi connectivity index (χ1) is 24.7. The number of likely N-dealkylation sites (tertiary alicyclic amines) is 2. The van der Waals surface area contributed by atoms with Crippen LogP contribution in [0.4, 0.5) is 0 Å². The largest absolute Gasteiger partial charge is 0.496 e. The number of hydroxylamine groups is 1. The molecule has 3 fully saturated rings. The van der Waals surface area contributed by atoms with Crippen molar-refractivity contribution in [2.45, 2.75) is 116 Å². The van der Waals surface area contributed by atoms with Crippen LogP contribution in [0.5, 0.6) is 11.5 Å². The molecule has 1 aliphatic carbocycles. The van der Waals surface area contributed by atoms with Crippen LogP contribution in [0.1, 0.15) is 97.5 Å². The predicted octanol–water partition coefficient (Wildman–Crippen LogP) is 4.16. The monoisotopic (exact) mass is 743 g/mol. The molecule has 1 saturated carbocycles. The van der Waals surface area contributed by atoms with Gasteiger partial charge in [-0.3, -0.25) is 34.3 Å². The van der Waals surface area contributed by atoms with Crippen molar-refractivity contribution in [1.82, 2.24) is 25.9 Å². The van der Waals surface area contributed by atoms with Crippen LogP contribution < -0.4 is 25.6 Å². The molecule has 4 aliphatic rings. The maximum absolute atomic E-state index is 14.7. The molecule has 2 saturated heterocycles. The van der Waals surface area contributed by atoms with E-state index in [4.69, 9.17) is 25.9 Å². The Labute approximate surface area is 311 Å². The molecule has 1 aromatic carbocycles. The van der Waals surface area contributed by atoms with Gasteiger partial charge in [-0.15, -0.1) is 0 Å². The number of amides is 4. The lowest BCUT2D eigenvalue weighted by Gasteiger charge is -2.36. The van der Waals surface area contributed by atoms with Gasteiger partial charge in [-0.25, -0.2) is 0 Å². The molecule has 3 N–H and O–H groups in total. The van der Waals surface area contributed by atoms with Crippen LogP contribution in [0.25, 0.3) is 5.70 Å². The fourth-order valence-electron chi connectivity index (χ4n) is 7.56. The molecule has 286 valence electrons. The van der Waals surface area contributed by atoms with E-state index in [1.807, 2.05) is 27.7 Å². The van der Waals surface area contributed by atoms with Crippen LogP contribution >= 0.6 is 11.6 Å². The van der Waals surface area contributed by atoms with Crippen LogP contribution in [0.3, 0.4) is 0 Å². The summed E-state index contributed by atoms with van der Waals surface area (Å²) in [6.45, 7) is 8.48. The van der Waals surface area contributed by atoms with E-state index in [9.17, 15) is 24.0 Å². The van der Waals surface area contributed by atoms with Gasteiger partial charge in [0.2, 0.25) is 23.5 Å². The topological polar surface area (TPSA) is 156 Å². The van der Waals surface area contributed by atoms with Crippen LogP contribution in [0.15, 0.2) is 18.2 Å². The summed E-state index contributed by atoms with van der Waals surface area (Å²) in [6, 6.07) is 0.247. The minimum atomic E-state index is -1.17. The Morgan fingerprint density at radius 2 is 1.71 bits per heavy atom. The lowest BCUT2D eigenvalue weighted by molar-refractivity contribution is -0.149. The summed E-state index contributed by atoms with van der Waals surface area (Å²) in [7, 11) is 3.02. The summed E-state index contributed by atoms with van der Waals surface area (Å²) in [4.78, 5) is 77.7. The van der Waals surface area contributed by atoms with Gasteiger partial charge in [0.05, 0.1) is 37.5 Å². The van der Waals surface area contributed by atoms with Gasteiger partial charge in [0.15, 0.2) is 0 Å². The molecule has 4 atom stereocenters. The maximum Gasteiger partial charge on any atom is 0.292 e. The van der Waals surface area contributed by atoms with Crippen molar-refractivity contribution in [2.24, 2.45) is 11.3 Å². The highest BCUT2D eigenvalue weighted by Crippen LogP contribution is 2.42. The van der Waals surface area contributed by atoms with Gasteiger partial charge in [0.1, 0.15) is 29.2 Å². The Morgan fingerprint density at radius 1 is 1.02 bits per heavy atom. The number of hydrogen-bond acceptors (Lipinski definition) is 9. The van der Waals surface area contributed by atoms with E-state index in [1.54, 1.807) is 18.2 Å². The second kappa shape index (κ2) is 16.4. The first-order valence-corrected chi connectivity index (χ1v) is 18.9. The van der Waals surface area contributed by atoms with Crippen LogP contribution in [-0.4, -0.2) is 96.8 Å². The van der Waals surface area contributed by atoms with E-state index in [-0.39, 0.29) is 31.2 Å². The summed E-state index contributed by atoms with van der Waals surface area (Å²) in [5.41, 5.74) is 2.18. The number of carbonyl (C=O) groups is 5. The Morgan fingerprint density at radius 3 is 2.31 bits per heavy atom. The first-order valence-electron chi connectivity index (χ1n) is 18.5. The molecule has 0 unspecified atom stereocenters. The summed E-state index contributed by atoms with van der Waals surface area (Å²) in [5, 5.41) is 6.19. The van der Waals surface area contributed by atoms with Crippen LogP contribution in [-0.2, 0) is 28.8 Å². The van der Waals surface area contributed by atoms with E-state index < -0.39 is 52.6 Å². The Kier molecular flexibility index (Phi) is 12.5. The van der Waals surface area contributed by atoms with Gasteiger partial charge in [-0.2, -0.15) is 0 Å². The molecule has 14 heteroatoms. The van der Waals surface area contributed by atoms with Crippen molar-refractivity contribution in [1.29, 1.82) is 0 Å². The van der Waals surface area contributed by atoms with E-state index in [0.717, 1.165) is 32.1 Å². The number of nitrogens with one attached hydrogen (secondary N) is 3. The minimum Gasteiger partial charge on any atom is -0.496 e. The zero-order valence-corrected chi connectivity index (χ0v) is 32.0. The molecule has 3 heterocycles. The van der Waals surface area contributed by atoms with Crippen molar-refractivity contribution in [2.75, 3.05) is 33.9 Å². The van der Waals surface area contributed by atoms with Gasteiger partial charge in [-0.1, -0.05) is 65.0 Å². The highest BCUT2D eigenvalue weighted by atomic mass is 35.5. The number of rotatable bonds is 13. The maximum atomic E-state index is 14.7. The molecule has 4 amide bonds. The molecule has 0 aromatic heterocycles. The van der Waals surface area contributed by atoms with E-state index in [1.165, 1.54) is 30.4 Å². The normalized spacial score (nSPS) is 22.9. The van der Waals surface area contributed by atoms with Gasteiger partial charge in [-0.05, 0) is 49.2 Å². The molecule has 13 nitrogen and oxygen atoms in total. The molecule has 3 aliphatic heterocycles. The van der Waals surface area contributed by atoms with Crippen LogP contribution in [0.2, 0.25) is 5.02 Å². The third kappa shape index (κ3) is 8.68. The number of benzene rings is 1. The number of halogens is 1. The van der Waals surface area contributed by atoms with E-state index in [0.29, 0.717) is 53.7 Å². The molecule has 0 radical (unpaired) electrons. The van der Waals surface area contributed by atoms with Crippen molar-refractivity contribution in [3.63, 3.8) is 0 Å². The summed E-state index contributed by atoms with van der Waals surface area (Å²) >= 11 is 6.48. The average molecular weight is 744 g/mol. The number of nitrogens with zero attached hydrogens (tertiary/aromatic N) is 2. The molecular weight excluding hydrogens is 690 g/mol. The standard InChI is InChI=1S/C38H54ClN5O8/c1-7-12-26(32(46)35(48)43-15-11-16-43)40-34(47)28-21-38(20-27(42-52-38)24-18-25(39)30(51-6)19-29(24)50-5)22-44(28)36(49)33(37(2,3)4)41-31(45)17-23-13-9-8-10-14-23/h18-20,23,26,28,33,42H,7-17,21-22H2,1-6H3,(H,40,47)(H,41,45)/t26-,28-,33+,38+/m0/s1. The van der Waals surface area contributed by atoms with Crippen molar-refractivity contribution >= 4 is 46.7 Å². The zero-order valence-electron chi connectivity index (χ0n) is 31.3. The number of Topliss-reactive ketones (excluding diaryl/α,β-unsaturated/α-hetero) is 1. The summed E-state index contributed by atoms with van der Waals surface area (Å²) in [6.07, 6.45) is 9.14. The lowest BCUT2D eigenvalue weighted by atomic mass is 9.84. The summed E-state index contributed by atoms with van der Waals surface area (Å²) < 4.78 is 11.0. The average Bonchev–Trinajstić information content (AvgIpc) is 3.68. The molecule has 5 rings (SSSR count). The van der Waals surface area contributed by atoms with Crippen LogP contribution in [0, 0.1) is 11.3 Å². The quantitative estimate of drug-likeness (QED) is 0.253. The number of ether oxygens (including phenoxy) is 2. The SMILES string of the molecule is CCC[C@H](NC(=O)[C@@H]1C[C@]2(C=C(c3cc(Cl)c(OC)cc3OC)NO2)CN1C(=O)[C@@H](NC(=O)CC1CCCCC1)C(C)(C)C)C(=O)C(=O)N1CCC1. The minimum absolute atomic E-state index is 0.0310. The highest BCUT2D eigenvalue weighted by Gasteiger charge is 2.54. The lowest BCUT2D eigenvalue weighted by Crippen LogP contribution is -2.59. The van der Waals surface area contributed by atoms with Gasteiger partial charge >= 0.3 is 0 Å². The predicted molar refractivity (Wildman–Crippen MR) is 195 cm³/mol. The zero-order chi connectivity index (χ0) is 37.8. The molecule has 0 bridgehead atoms. The molecule has 1 spiro atoms. The fourth-order valence-corrected chi connectivity index (χ4v) is 7.80. The number of methoxy groups -OCH3 is 2. The number of ketones is 1. The van der Waals surface area contributed by atoms with Crippen molar-refractivity contribution in [3.8, 4) is 11.5 Å². The van der Waals surface area contributed by atoms with Gasteiger partial charge in [0.25, 0.3) is 5.91 Å². The number of hydrogen-bond donors (Lipinski definition) is 3. The summed E-state index contributed by atoms with van der Waals surface area (Å²) in [5.74, 6) is -1.34. The molecular formula is C38H54ClN5O8. The van der Waals surface area contributed by atoms with E-state index in [2.05, 4.69) is 16.1 Å². The number of carbonyl (C=O) groups excluding carboxylic acids is 5. The second-order valence-corrected chi connectivity index (χ2v) is 16.0. The Balaban J connectivity index is 1.45. The van der Waals surface area contributed by atoms with E-state index >= 15 is 0 Å². The molecule has 1 aromatic rings. The third-order valence-electron chi connectivity index (χ3n) is 10.7. The highest BCUT2D eigenvalue weighted by molar-refractivity contribution is 6.38. The Hall–Kier alpha value is -3.84. The van der Waals surface area contributed by atoms with Gasteiger partial charge in [0, 0.05) is 37.6 Å². The fraction of sp³-hybridized carbons (Fsp3) is 0.658.